The Morgan fingerprint density at radius 3 is 2.29 bits per heavy atom. The van der Waals surface area contributed by atoms with E-state index in [1.807, 2.05) is 61.5 Å². The lowest BCUT2D eigenvalue weighted by Gasteiger charge is -2.09. The fourth-order valence-electron chi connectivity index (χ4n) is 2.73. The van der Waals surface area contributed by atoms with E-state index in [9.17, 15) is 9.59 Å². The predicted octanol–water partition coefficient (Wildman–Crippen LogP) is 3.98. The zero-order valence-corrected chi connectivity index (χ0v) is 15.7. The van der Waals surface area contributed by atoms with E-state index in [0.717, 1.165) is 22.5 Å². The van der Waals surface area contributed by atoms with Crippen molar-refractivity contribution in [2.75, 3.05) is 17.2 Å². The van der Waals surface area contributed by atoms with Crippen LogP contribution in [0.3, 0.4) is 0 Å². The van der Waals surface area contributed by atoms with Crippen LogP contribution in [-0.2, 0) is 11.3 Å². The SMILES string of the molecule is Cc1cccc(NC(=O)CNc2ccc(C(=O)NCc3ccccc3)cc2)c1. The Kier molecular flexibility index (Phi) is 6.41. The lowest BCUT2D eigenvalue weighted by atomic mass is 10.1. The summed E-state index contributed by atoms with van der Waals surface area (Å²) in [4.78, 5) is 24.3. The summed E-state index contributed by atoms with van der Waals surface area (Å²) in [5, 5.41) is 8.80. The molecule has 3 rings (SSSR count). The zero-order chi connectivity index (χ0) is 19.8. The summed E-state index contributed by atoms with van der Waals surface area (Å²) in [5.41, 5.74) is 4.27. The molecule has 28 heavy (non-hydrogen) atoms. The van der Waals surface area contributed by atoms with Crippen LogP contribution in [0.4, 0.5) is 11.4 Å². The number of hydrogen-bond acceptors (Lipinski definition) is 3. The van der Waals surface area contributed by atoms with Crippen LogP contribution < -0.4 is 16.0 Å². The van der Waals surface area contributed by atoms with Crippen molar-refractivity contribution < 1.29 is 9.59 Å². The molecule has 0 aliphatic carbocycles. The number of carbonyl (C=O) groups excluding carboxylic acids is 2. The Morgan fingerprint density at radius 1 is 0.821 bits per heavy atom. The first-order valence-corrected chi connectivity index (χ1v) is 9.13. The molecular weight excluding hydrogens is 350 g/mol. The predicted molar refractivity (Wildman–Crippen MR) is 112 cm³/mol. The van der Waals surface area contributed by atoms with Gasteiger partial charge in [0.1, 0.15) is 0 Å². The molecule has 3 aromatic carbocycles. The van der Waals surface area contributed by atoms with Crippen LogP contribution in [0.25, 0.3) is 0 Å². The Morgan fingerprint density at radius 2 is 1.57 bits per heavy atom. The number of hydrogen-bond donors (Lipinski definition) is 3. The van der Waals surface area contributed by atoms with Gasteiger partial charge in [-0.25, -0.2) is 0 Å². The Labute approximate surface area is 164 Å². The molecule has 3 aromatic rings. The van der Waals surface area contributed by atoms with Crippen molar-refractivity contribution >= 4 is 23.2 Å². The molecule has 0 atom stereocenters. The highest BCUT2D eigenvalue weighted by atomic mass is 16.2. The van der Waals surface area contributed by atoms with Crippen molar-refractivity contribution in [3.8, 4) is 0 Å². The van der Waals surface area contributed by atoms with Gasteiger partial charge in [-0.05, 0) is 54.4 Å². The quantitative estimate of drug-likeness (QED) is 0.587. The fourth-order valence-corrected chi connectivity index (χ4v) is 2.73. The molecular formula is C23H23N3O2. The maximum atomic E-state index is 12.2. The highest BCUT2D eigenvalue weighted by Gasteiger charge is 2.06. The van der Waals surface area contributed by atoms with Crippen molar-refractivity contribution in [1.82, 2.24) is 5.32 Å². The zero-order valence-electron chi connectivity index (χ0n) is 15.7. The molecule has 0 saturated heterocycles. The Bertz CT molecular complexity index is 938. The molecule has 0 aromatic heterocycles. The van der Waals surface area contributed by atoms with Gasteiger partial charge in [-0.1, -0.05) is 42.5 Å². The first-order chi connectivity index (χ1) is 13.6. The molecule has 0 unspecified atom stereocenters. The van der Waals surface area contributed by atoms with E-state index in [1.54, 1.807) is 24.3 Å². The van der Waals surface area contributed by atoms with Crippen LogP contribution in [0, 0.1) is 6.92 Å². The molecule has 0 heterocycles. The minimum atomic E-state index is -0.132. The van der Waals surface area contributed by atoms with Gasteiger partial charge in [-0.15, -0.1) is 0 Å². The molecule has 0 aliphatic heterocycles. The average molecular weight is 373 g/mol. The van der Waals surface area contributed by atoms with E-state index in [-0.39, 0.29) is 18.4 Å². The van der Waals surface area contributed by atoms with Gasteiger partial charge in [0.25, 0.3) is 5.91 Å². The number of anilines is 2. The maximum absolute atomic E-state index is 12.2. The number of amides is 2. The second-order valence-corrected chi connectivity index (χ2v) is 6.52. The normalized spacial score (nSPS) is 10.2. The number of carbonyl (C=O) groups is 2. The first kappa shape index (κ1) is 19.2. The van der Waals surface area contributed by atoms with Gasteiger partial charge in [-0.2, -0.15) is 0 Å². The topological polar surface area (TPSA) is 70.2 Å². The number of benzene rings is 3. The van der Waals surface area contributed by atoms with Crippen LogP contribution >= 0.6 is 0 Å². The first-order valence-electron chi connectivity index (χ1n) is 9.13. The lowest BCUT2D eigenvalue weighted by Crippen LogP contribution is -2.23. The summed E-state index contributed by atoms with van der Waals surface area (Å²) in [7, 11) is 0. The van der Waals surface area contributed by atoms with Gasteiger partial charge in [0.2, 0.25) is 5.91 Å². The Balaban J connectivity index is 1.47. The number of rotatable bonds is 7. The van der Waals surface area contributed by atoms with Gasteiger partial charge in [0.15, 0.2) is 0 Å². The van der Waals surface area contributed by atoms with Crippen LogP contribution in [-0.4, -0.2) is 18.4 Å². The van der Waals surface area contributed by atoms with Crippen molar-refractivity contribution in [2.45, 2.75) is 13.5 Å². The molecule has 2 amide bonds. The van der Waals surface area contributed by atoms with E-state index in [2.05, 4.69) is 16.0 Å². The molecule has 3 N–H and O–H groups in total. The fraction of sp³-hybridized carbons (Fsp3) is 0.130. The molecule has 142 valence electrons. The van der Waals surface area contributed by atoms with E-state index in [1.165, 1.54) is 0 Å². The molecule has 0 aliphatic rings. The second kappa shape index (κ2) is 9.37. The largest absolute Gasteiger partial charge is 0.376 e. The summed E-state index contributed by atoms with van der Waals surface area (Å²) in [6.45, 7) is 2.61. The van der Waals surface area contributed by atoms with Crippen LogP contribution in [0.5, 0.6) is 0 Å². The van der Waals surface area contributed by atoms with E-state index in [0.29, 0.717) is 12.1 Å². The summed E-state index contributed by atoms with van der Waals surface area (Å²) in [6.07, 6.45) is 0. The molecule has 5 heteroatoms. The average Bonchev–Trinajstić information content (AvgIpc) is 2.72. The molecule has 0 fully saturated rings. The molecule has 5 nitrogen and oxygen atoms in total. The van der Waals surface area contributed by atoms with Gasteiger partial charge >= 0.3 is 0 Å². The van der Waals surface area contributed by atoms with Crippen molar-refractivity contribution in [3.05, 3.63) is 95.6 Å². The standard InChI is InChI=1S/C23H23N3O2/c1-17-6-5-9-21(14-17)26-22(27)16-24-20-12-10-19(11-13-20)23(28)25-15-18-7-3-2-4-8-18/h2-14,24H,15-16H2,1H3,(H,25,28)(H,26,27). The summed E-state index contributed by atoms with van der Waals surface area (Å²) >= 11 is 0. The smallest absolute Gasteiger partial charge is 0.251 e. The number of aryl methyl sites for hydroxylation is 1. The van der Waals surface area contributed by atoms with Gasteiger partial charge < -0.3 is 16.0 Å². The minimum absolute atomic E-state index is 0.129. The summed E-state index contributed by atoms with van der Waals surface area (Å²) < 4.78 is 0. The van der Waals surface area contributed by atoms with E-state index < -0.39 is 0 Å². The van der Waals surface area contributed by atoms with Crippen molar-refractivity contribution in [2.24, 2.45) is 0 Å². The molecule has 0 spiro atoms. The third kappa shape index (κ3) is 5.71. The van der Waals surface area contributed by atoms with Gasteiger partial charge in [0.05, 0.1) is 6.54 Å². The Hall–Kier alpha value is -3.60. The maximum Gasteiger partial charge on any atom is 0.251 e. The number of nitrogens with one attached hydrogen (secondary N) is 3. The molecule has 0 saturated carbocycles. The third-order valence-corrected chi connectivity index (χ3v) is 4.20. The van der Waals surface area contributed by atoms with Crippen molar-refractivity contribution in [1.29, 1.82) is 0 Å². The van der Waals surface area contributed by atoms with Gasteiger partial charge in [-0.3, -0.25) is 9.59 Å². The van der Waals surface area contributed by atoms with Crippen LogP contribution in [0.15, 0.2) is 78.9 Å². The summed E-state index contributed by atoms with van der Waals surface area (Å²) in [5.74, 6) is -0.261. The second-order valence-electron chi connectivity index (χ2n) is 6.52. The van der Waals surface area contributed by atoms with Crippen LogP contribution in [0.1, 0.15) is 21.5 Å². The monoisotopic (exact) mass is 373 g/mol. The minimum Gasteiger partial charge on any atom is -0.376 e. The van der Waals surface area contributed by atoms with Crippen molar-refractivity contribution in [3.63, 3.8) is 0 Å². The molecule has 0 bridgehead atoms. The highest BCUT2D eigenvalue weighted by Crippen LogP contribution is 2.11. The van der Waals surface area contributed by atoms with Gasteiger partial charge in [0, 0.05) is 23.5 Å². The molecule has 0 radical (unpaired) electrons. The van der Waals surface area contributed by atoms with E-state index >= 15 is 0 Å². The van der Waals surface area contributed by atoms with Crippen LogP contribution in [0.2, 0.25) is 0 Å². The summed E-state index contributed by atoms with van der Waals surface area (Å²) in [6, 6.07) is 24.5. The lowest BCUT2D eigenvalue weighted by molar-refractivity contribution is -0.114. The third-order valence-electron chi connectivity index (χ3n) is 4.20. The van der Waals surface area contributed by atoms with E-state index in [4.69, 9.17) is 0 Å². The highest BCUT2D eigenvalue weighted by molar-refractivity contribution is 5.95.